The smallest absolute Gasteiger partial charge is 0.229 e. The molecule has 6 heteroatoms. The first-order valence-corrected chi connectivity index (χ1v) is 6.40. The molecule has 0 spiro atoms. The molecule has 3 rings (SSSR count). The number of aromatic nitrogens is 3. The Hall–Kier alpha value is -2.60. The summed E-state index contributed by atoms with van der Waals surface area (Å²) >= 11 is 0. The summed E-state index contributed by atoms with van der Waals surface area (Å²) in [5, 5.41) is 13.9. The summed E-state index contributed by atoms with van der Waals surface area (Å²) in [6, 6.07) is 11.2. The van der Waals surface area contributed by atoms with Crippen LogP contribution in [0.25, 0.3) is 11.5 Å². The lowest BCUT2D eigenvalue weighted by Gasteiger charge is -2.07. The van der Waals surface area contributed by atoms with Gasteiger partial charge in [0.25, 0.3) is 0 Å². The second-order valence-corrected chi connectivity index (χ2v) is 4.50. The third-order valence-electron chi connectivity index (χ3n) is 2.96. The van der Waals surface area contributed by atoms with E-state index in [1.54, 1.807) is 30.5 Å². The summed E-state index contributed by atoms with van der Waals surface area (Å²) in [6.07, 6.45) is 0.841. The molecule has 0 aliphatic rings. The van der Waals surface area contributed by atoms with E-state index in [4.69, 9.17) is 4.52 Å². The highest BCUT2D eigenvalue weighted by Gasteiger charge is 2.15. The van der Waals surface area contributed by atoms with Crippen LogP contribution in [-0.4, -0.2) is 20.2 Å². The molecule has 2 aromatic heterocycles. The molecule has 21 heavy (non-hydrogen) atoms. The fourth-order valence-corrected chi connectivity index (χ4v) is 1.93. The van der Waals surface area contributed by atoms with Gasteiger partial charge in [-0.2, -0.15) is 4.98 Å². The molecule has 3 aromatic rings. The van der Waals surface area contributed by atoms with Crippen molar-refractivity contribution in [2.45, 2.75) is 12.5 Å². The van der Waals surface area contributed by atoms with E-state index in [2.05, 4.69) is 15.1 Å². The number of aliphatic hydroxyl groups excluding tert-OH is 1. The van der Waals surface area contributed by atoms with Gasteiger partial charge in [-0.25, -0.2) is 4.39 Å². The summed E-state index contributed by atoms with van der Waals surface area (Å²) in [6.45, 7) is 0. The van der Waals surface area contributed by atoms with Crippen molar-refractivity contribution in [3.63, 3.8) is 0 Å². The summed E-state index contributed by atoms with van der Waals surface area (Å²) < 4.78 is 18.2. The lowest BCUT2D eigenvalue weighted by Crippen LogP contribution is -2.02. The van der Waals surface area contributed by atoms with Gasteiger partial charge in [-0.05, 0) is 29.8 Å². The number of benzene rings is 1. The van der Waals surface area contributed by atoms with Gasteiger partial charge in [-0.1, -0.05) is 23.4 Å². The highest BCUT2D eigenvalue weighted by Crippen LogP contribution is 2.20. The molecule has 1 N–H and O–H groups in total. The van der Waals surface area contributed by atoms with E-state index < -0.39 is 11.9 Å². The van der Waals surface area contributed by atoms with Gasteiger partial charge >= 0.3 is 0 Å². The largest absolute Gasteiger partial charge is 0.388 e. The van der Waals surface area contributed by atoms with Crippen LogP contribution in [0.2, 0.25) is 0 Å². The van der Waals surface area contributed by atoms with E-state index >= 15 is 0 Å². The van der Waals surface area contributed by atoms with Crippen molar-refractivity contribution in [2.75, 3.05) is 0 Å². The molecular weight excluding hydrogens is 273 g/mol. The molecule has 0 aliphatic carbocycles. The first-order chi connectivity index (χ1) is 10.2. The van der Waals surface area contributed by atoms with Gasteiger partial charge in [0.15, 0.2) is 0 Å². The summed E-state index contributed by atoms with van der Waals surface area (Å²) in [4.78, 5) is 8.29. The van der Waals surface area contributed by atoms with Crippen LogP contribution in [0.4, 0.5) is 4.39 Å². The maximum atomic E-state index is 13.1. The van der Waals surface area contributed by atoms with E-state index in [1.165, 1.54) is 12.1 Å². The zero-order valence-electron chi connectivity index (χ0n) is 11.0. The van der Waals surface area contributed by atoms with Crippen molar-refractivity contribution in [3.8, 4) is 11.5 Å². The topological polar surface area (TPSA) is 72.0 Å². The molecule has 5 nitrogen and oxygen atoms in total. The molecule has 0 aliphatic heterocycles. The van der Waals surface area contributed by atoms with Crippen LogP contribution in [0, 0.1) is 5.82 Å². The number of hydrogen-bond donors (Lipinski definition) is 1. The molecule has 0 fully saturated rings. The molecule has 0 saturated carbocycles. The van der Waals surface area contributed by atoms with E-state index in [9.17, 15) is 9.50 Å². The standard InChI is InChI=1S/C15H12FN3O2/c16-11-5-3-4-10(8-11)13(20)9-14-18-15(19-21-14)12-6-1-2-7-17-12/h1-8,13,20H,9H2. The number of pyridine rings is 1. The average Bonchev–Trinajstić information content (AvgIpc) is 2.97. The summed E-state index contributed by atoms with van der Waals surface area (Å²) in [7, 11) is 0. The van der Waals surface area contributed by atoms with E-state index in [-0.39, 0.29) is 12.3 Å². The minimum absolute atomic E-state index is 0.114. The van der Waals surface area contributed by atoms with Crippen LogP contribution in [0.3, 0.4) is 0 Å². The Kier molecular flexibility index (Phi) is 3.70. The first kappa shape index (κ1) is 13.4. The zero-order chi connectivity index (χ0) is 14.7. The van der Waals surface area contributed by atoms with Gasteiger partial charge in [-0.15, -0.1) is 0 Å². The van der Waals surface area contributed by atoms with Gasteiger partial charge in [0, 0.05) is 6.20 Å². The predicted octanol–water partition coefficient (Wildman–Crippen LogP) is 2.55. The number of hydrogen-bond acceptors (Lipinski definition) is 5. The Balaban J connectivity index is 1.75. The zero-order valence-corrected chi connectivity index (χ0v) is 11.0. The van der Waals surface area contributed by atoms with Crippen LogP contribution in [0.15, 0.2) is 53.2 Å². The maximum absolute atomic E-state index is 13.1. The average molecular weight is 285 g/mol. The summed E-state index contributed by atoms with van der Waals surface area (Å²) in [5.41, 5.74) is 1.06. The number of rotatable bonds is 4. The first-order valence-electron chi connectivity index (χ1n) is 6.40. The highest BCUT2D eigenvalue weighted by molar-refractivity contribution is 5.47. The van der Waals surface area contributed by atoms with Crippen LogP contribution in [0.1, 0.15) is 17.6 Å². The minimum atomic E-state index is -0.905. The molecule has 0 bridgehead atoms. The maximum Gasteiger partial charge on any atom is 0.229 e. The quantitative estimate of drug-likeness (QED) is 0.797. The van der Waals surface area contributed by atoms with Gasteiger partial charge in [0.05, 0.1) is 12.5 Å². The van der Waals surface area contributed by atoms with Crippen LogP contribution >= 0.6 is 0 Å². The van der Waals surface area contributed by atoms with E-state index in [0.717, 1.165) is 0 Å². The predicted molar refractivity (Wildman–Crippen MR) is 72.6 cm³/mol. The Labute approximate surface area is 120 Å². The van der Waals surface area contributed by atoms with Crippen LogP contribution in [-0.2, 0) is 6.42 Å². The Bertz CT molecular complexity index is 731. The van der Waals surface area contributed by atoms with Crippen LogP contribution in [0.5, 0.6) is 0 Å². The van der Waals surface area contributed by atoms with Crippen molar-refractivity contribution in [2.24, 2.45) is 0 Å². The van der Waals surface area contributed by atoms with Crippen molar-refractivity contribution in [1.29, 1.82) is 0 Å². The lowest BCUT2D eigenvalue weighted by atomic mass is 10.1. The Morgan fingerprint density at radius 2 is 2.10 bits per heavy atom. The normalized spacial score (nSPS) is 12.3. The second-order valence-electron chi connectivity index (χ2n) is 4.50. The van der Waals surface area contributed by atoms with Crippen molar-refractivity contribution in [3.05, 3.63) is 65.9 Å². The molecular formula is C15H12FN3O2. The van der Waals surface area contributed by atoms with Crippen molar-refractivity contribution >= 4 is 0 Å². The molecule has 1 aromatic carbocycles. The molecule has 1 unspecified atom stereocenters. The van der Waals surface area contributed by atoms with Gasteiger partial charge in [0.1, 0.15) is 11.5 Å². The number of aliphatic hydroxyl groups is 1. The Morgan fingerprint density at radius 3 is 2.86 bits per heavy atom. The van der Waals surface area contributed by atoms with Gasteiger partial charge in [-0.3, -0.25) is 4.98 Å². The fourth-order valence-electron chi connectivity index (χ4n) is 1.93. The van der Waals surface area contributed by atoms with Gasteiger partial charge in [0.2, 0.25) is 11.7 Å². The van der Waals surface area contributed by atoms with E-state index in [0.29, 0.717) is 17.1 Å². The van der Waals surface area contributed by atoms with Crippen molar-refractivity contribution < 1.29 is 14.0 Å². The third-order valence-corrected chi connectivity index (χ3v) is 2.96. The monoisotopic (exact) mass is 285 g/mol. The Morgan fingerprint density at radius 1 is 1.19 bits per heavy atom. The number of nitrogens with zero attached hydrogens (tertiary/aromatic N) is 3. The summed E-state index contributed by atoms with van der Waals surface area (Å²) in [5.74, 6) is 0.232. The highest BCUT2D eigenvalue weighted by atomic mass is 19.1. The lowest BCUT2D eigenvalue weighted by molar-refractivity contribution is 0.164. The van der Waals surface area contributed by atoms with Gasteiger partial charge < -0.3 is 9.63 Å². The second kappa shape index (κ2) is 5.80. The third kappa shape index (κ3) is 3.11. The number of halogens is 1. The van der Waals surface area contributed by atoms with Crippen molar-refractivity contribution in [1.82, 2.24) is 15.1 Å². The molecule has 106 valence electrons. The molecule has 0 saturated heterocycles. The molecule has 1 atom stereocenters. The SMILES string of the molecule is OC(Cc1nc(-c2ccccn2)no1)c1cccc(F)c1. The fraction of sp³-hybridized carbons (Fsp3) is 0.133. The molecule has 0 radical (unpaired) electrons. The van der Waals surface area contributed by atoms with Crippen LogP contribution < -0.4 is 0 Å². The van der Waals surface area contributed by atoms with E-state index in [1.807, 2.05) is 6.07 Å². The molecule has 2 heterocycles. The molecule has 0 amide bonds. The minimum Gasteiger partial charge on any atom is -0.388 e.